The highest BCUT2D eigenvalue weighted by Crippen LogP contribution is 2.33. The van der Waals surface area contributed by atoms with Gasteiger partial charge in [0.25, 0.3) is 0 Å². The highest BCUT2D eigenvalue weighted by Gasteiger charge is 2.43. The fourth-order valence-electron chi connectivity index (χ4n) is 5.09. The zero-order chi connectivity index (χ0) is 30.4. The van der Waals surface area contributed by atoms with Gasteiger partial charge < -0.3 is 24.4 Å². The molecule has 0 radical (unpaired) electrons. The topological polar surface area (TPSA) is 77.1 Å². The number of carbonyl (C=O) groups is 2. The maximum atomic E-state index is 13.3. The number of hydrogen-bond donors (Lipinski definition) is 1. The molecule has 3 aromatic rings. The third kappa shape index (κ3) is 7.35. The molecular weight excluding hydrogens is 549 g/mol. The number of rotatable bonds is 12. The van der Waals surface area contributed by atoms with Gasteiger partial charge in [-0.15, -0.1) is 0 Å². The maximum absolute atomic E-state index is 13.3. The van der Waals surface area contributed by atoms with E-state index in [2.05, 4.69) is 5.32 Å². The van der Waals surface area contributed by atoms with E-state index in [-0.39, 0.29) is 38.6 Å². The van der Waals surface area contributed by atoms with Crippen LogP contribution in [0.15, 0.2) is 78.9 Å². The molecule has 0 aromatic heterocycles. The average Bonchev–Trinajstić information content (AvgIpc) is 3.23. The van der Waals surface area contributed by atoms with Crippen LogP contribution in [0.3, 0.4) is 0 Å². The summed E-state index contributed by atoms with van der Waals surface area (Å²) in [5.41, 5.74) is -1.40. The van der Waals surface area contributed by atoms with E-state index in [9.17, 15) is 22.8 Å². The van der Waals surface area contributed by atoms with Crippen LogP contribution in [0.1, 0.15) is 37.0 Å². The molecule has 1 N–H and O–H groups in total. The maximum Gasteiger partial charge on any atom is 0.416 e. The van der Waals surface area contributed by atoms with Crippen LogP contribution < -0.4 is 14.8 Å². The minimum Gasteiger partial charge on any atom is -0.494 e. The van der Waals surface area contributed by atoms with Crippen LogP contribution in [0.5, 0.6) is 11.5 Å². The molecular formula is C32H35F3N2O5. The highest BCUT2D eigenvalue weighted by molar-refractivity contribution is 5.80. The fourth-order valence-corrected chi connectivity index (χ4v) is 5.09. The Morgan fingerprint density at radius 3 is 2.31 bits per heavy atom. The molecule has 1 aliphatic heterocycles. The van der Waals surface area contributed by atoms with Crippen molar-refractivity contribution in [2.24, 2.45) is 0 Å². The van der Waals surface area contributed by atoms with Crippen molar-refractivity contribution in [2.75, 3.05) is 26.8 Å². The fraction of sp³-hybridized carbons (Fsp3) is 0.375. The Hall–Kier alpha value is -4.21. The number of esters is 1. The van der Waals surface area contributed by atoms with Crippen molar-refractivity contribution in [3.05, 3.63) is 95.6 Å². The van der Waals surface area contributed by atoms with Gasteiger partial charge in [0.15, 0.2) is 0 Å². The SMILES string of the molecule is CCOC(=O)C(C)(Cc1ccc(OCCC2(Cc3cccc(C(F)(F)F)c3)CNC(=O)N2C)cc1)Oc1ccccc1. The monoisotopic (exact) mass is 584 g/mol. The number of nitrogens with one attached hydrogen (secondary N) is 1. The lowest BCUT2D eigenvalue weighted by Crippen LogP contribution is -2.48. The Morgan fingerprint density at radius 2 is 1.69 bits per heavy atom. The zero-order valence-electron chi connectivity index (χ0n) is 23.9. The second kappa shape index (κ2) is 12.8. The van der Waals surface area contributed by atoms with Gasteiger partial charge in [-0.3, -0.25) is 0 Å². The molecule has 4 rings (SSSR count). The summed E-state index contributed by atoms with van der Waals surface area (Å²) >= 11 is 0. The largest absolute Gasteiger partial charge is 0.494 e. The van der Waals surface area contributed by atoms with E-state index < -0.39 is 28.8 Å². The van der Waals surface area contributed by atoms with Crippen molar-refractivity contribution in [3.8, 4) is 11.5 Å². The molecule has 42 heavy (non-hydrogen) atoms. The zero-order valence-corrected chi connectivity index (χ0v) is 23.9. The first-order valence-electron chi connectivity index (χ1n) is 13.7. The van der Waals surface area contributed by atoms with Gasteiger partial charge in [0.2, 0.25) is 5.60 Å². The summed E-state index contributed by atoms with van der Waals surface area (Å²) in [4.78, 5) is 26.7. The predicted octanol–water partition coefficient (Wildman–Crippen LogP) is 6.05. The lowest BCUT2D eigenvalue weighted by atomic mass is 9.87. The van der Waals surface area contributed by atoms with Crippen LogP contribution in [-0.4, -0.2) is 54.8 Å². The van der Waals surface area contributed by atoms with E-state index in [1.165, 1.54) is 6.07 Å². The van der Waals surface area contributed by atoms with Gasteiger partial charge >= 0.3 is 18.2 Å². The normalized spacial score (nSPS) is 18.2. The molecule has 7 nitrogen and oxygen atoms in total. The molecule has 224 valence electrons. The number of halogens is 3. The molecule has 1 fully saturated rings. The molecule has 1 heterocycles. The number of carbonyl (C=O) groups excluding carboxylic acids is 2. The predicted molar refractivity (Wildman–Crippen MR) is 151 cm³/mol. The van der Waals surface area contributed by atoms with Crippen molar-refractivity contribution < 1.29 is 37.0 Å². The highest BCUT2D eigenvalue weighted by atomic mass is 19.4. The molecule has 1 aliphatic rings. The minimum absolute atomic E-state index is 0.227. The number of benzene rings is 3. The summed E-state index contributed by atoms with van der Waals surface area (Å²) < 4.78 is 57.2. The molecule has 10 heteroatoms. The molecule has 0 saturated carbocycles. The lowest BCUT2D eigenvalue weighted by molar-refractivity contribution is -0.160. The number of amides is 2. The summed E-state index contributed by atoms with van der Waals surface area (Å²) in [5.74, 6) is 0.663. The number of urea groups is 1. The summed E-state index contributed by atoms with van der Waals surface area (Å²) in [6.45, 7) is 4.18. The van der Waals surface area contributed by atoms with Crippen molar-refractivity contribution in [3.63, 3.8) is 0 Å². The molecule has 3 aromatic carbocycles. The number of ether oxygens (including phenoxy) is 3. The summed E-state index contributed by atoms with van der Waals surface area (Å²) in [7, 11) is 1.64. The third-order valence-corrected chi connectivity index (χ3v) is 7.47. The molecule has 0 aliphatic carbocycles. The molecule has 2 atom stereocenters. The smallest absolute Gasteiger partial charge is 0.416 e. The van der Waals surface area contributed by atoms with E-state index >= 15 is 0 Å². The summed E-state index contributed by atoms with van der Waals surface area (Å²) in [5, 5.41) is 2.80. The summed E-state index contributed by atoms with van der Waals surface area (Å²) in [6, 6.07) is 21.2. The first-order chi connectivity index (χ1) is 19.9. The number of hydrogen-bond acceptors (Lipinski definition) is 5. The number of alkyl halides is 3. The van der Waals surface area contributed by atoms with Crippen LogP contribution in [0.25, 0.3) is 0 Å². The molecule has 2 unspecified atom stereocenters. The van der Waals surface area contributed by atoms with E-state index in [1.54, 1.807) is 56.1 Å². The second-order valence-electron chi connectivity index (χ2n) is 10.6. The summed E-state index contributed by atoms with van der Waals surface area (Å²) in [6.07, 6.45) is -3.55. The Kier molecular flexibility index (Phi) is 9.33. The van der Waals surface area contributed by atoms with Gasteiger partial charge in [0.05, 0.1) is 24.3 Å². The Morgan fingerprint density at radius 1 is 0.976 bits per heavy atom. The molecule has 0 bridgehead atoms. The van der Waals surface area contributed by atoms with E-state index in [1.807, 2.05) is 30.3 Å². The van der Waals surface area contributed by atoms with Crippen LogP contribution in [0.4, 0.5) is 18.0 Å². The molecule has 1 saturated heterocycles. The first-order valence-corrected chi connectivity index (χ1v) is 13.7. The van der Waals surface area contributed by atoms with Gasteiger partial charge in [0.1, 0.15) is 11.5 Å². The minimum atomic E-state index is -4.45. The second-order valence-corrected chi connectivity index (χ2v) is 10.6. The van der Waals surface area contributed by atoms with Gasteiger partial charge in [-0.25, -0.2) is 9.59 Å². The Labute approximate surface area is 243 Å². The van der Waals surface area contributed by atoms with Gasteiger partial charge in [-0.2, -0.15) is 13.2 Å². The molecule has 2 amide bonds. The van der Waals surface area contributed by atoms with Crippen LogP contribution in [0, 0.1) is 0 Å². The van der Waals surface area contributed by atoms with Crippen molar-refractivity contribution >= 4 is 12.0 Å². The van der Waals surface area contributed by atoms with Crippen LogP contribution in [0.2, 0.25) is 0 Å². The Bertz CT molecular complexity index is 1370. The van der Waals surface area contributed by atoms with Crippen molar-refractivity contribution in [2.45, 2.75) is 50.4 Å². The number of nitrogens with zero attached hydrogens (tertiary/aromatic N) is 1. The number of para-hydroxylation sites is 1. The van der Waals surface area contributed by atoms with E-state index in [0.717, 1.165) is 17.7 Å². The average molecular weight is 585 g/mol. The Balaban J connectivity index is 1.42. The quantitative estimate of drug-likeness (QED) is 0.262. The van der Waals surface area contributed by atoms with E-state index in [0.29, 0.717) is 23.5 Å². The van der Waals surface area contributed by atoms with Crippen LogP contribution >= 0.6 is 0 Å². The molecule has 0 spiro atoms. The van der Waals surface area contributed by atoms with Gasteiger partial charge in [-0.05, 0) is 61.7 Å². The lowest BCUT2D eigenvalue weighted by Gasteiger charge is -2.35. The van der Waals surface area contributed by atoms with Crippen molar-refractivity contribution in [1.29, 1.82) is 0 Å². The van der Waals surface area contributed by atoms with E-state index in [4.69, 9.17) is 14.2 Å². The van der Waals surface area contributed by atoms with Gasteiger partial charge in [0, 0.05) is 26.4 Å². The first kappa shape index (κ1) is 30.7. The van der Waals surface area contributed by atoms with Gasteiger partial charge in [-0.1, -0.05) is 48.5 Å². The standard InChI is InChI=1S/C32H35F3N2O5/c1-4-40-28(38)30(2,42-27-11-6-5-7-12-27)20-23-13-15-26(16-14-23)41-18-17-31(22-36-29(39)37(31)3)21-24-9-8-10-25(19-24)32(33,34)35/h5-16,19H,4,17-18,20-22H2,1-3H3,(H,36,39). The third-order valence-electron chi connectivity index (χ3n) is 7.47. The number of likely N-dealkylation sites (N-methyl/N-ethyl adjacent to an activating group) is 1. The van der Waals surface area contributed by atoms with Crippen molar-refractivity contribution in [1.82, 2.24) is 10.2 Å². The van der Waals surface area contributed by atoms with Crippen LogP contribution in [-0.2, 0) is 28.5 Å².